The summed E-state index contributed by atoms with van der Waals surface area (Å²) in [4.78, 5) is 31.6. The SMILES string of the molecule is C[C@H]1C[C@H](C)CN(Cc2csc(NC(=O)c3cc(=O)c4ccccc4o3)n2)C1. The van der Waals surface area contributed by atoms with Crippen LogP contribution in [0.3, 0.4) is 0 Å². The van der Waals surface area contributed by atoms with E-state index in [1.165, 1.54) is 23.8 Å². The van der Waals surface area contributed by atoms with Crippen molar-refractivity contribution in [3.8, 4) is 0 Å². The van der Waals surface area contributed by atoms with Crippen molar-refractivity contribution in [3.05, 3.63) is 57.4 Å². The van der Waals surface area contributed by atoms with Crippen LogP contribution in [-0.4, -0.2) is 28.9 Å². The van der Waals surface area contributed by atoms with E-state index in [1.807, 2.05) is 5.38 Å². The molecule has 1 saturated heterocycles. The van der Waals surface area contributed by atoms with Crippen LogP contribution in [0.1, 0.15) is 36.5 Å². The Bertz CT molecular complexity index is 1050. The highest BCUT2D eigenvalue weighted by Crippen LogP contribution is 2.24. The zero-order valence-corrected chi connectivity index (χ0v) is 16.8. The third kappa shape index (κ3) is 4.15. The molecule has 1 fully saturated rings. The van der Waals surface area contributed by atoms with Crippen molar-refractivity contribution < 1.29 is 9.21 Å². The third-order valence-electron chi connectivity index (χ3n) is 4.96. The summed E-state index contributed by atoms with van der Waals surface area (Å²) in [6.45, 7) is 7.50. The maximum atomic E-state index is 12.5. The number of benzene rings is 1. The lowest BCUT2D eigenvalue weighted by atomic mass is 9.92. The minimum Gasteiger partial charge on any atom is -0.451 e. The van der Waals surface area contributed by atoms with Crippen molar-refractivity contribution in [2.45, 2.75) is 26.8 Å². The predicted octanol–water partition coefficient (Wildman–Crippen LogP) is 3.98. The minimum absolute atomic E-state index is 0.0147. The molecule has 4 rings (SSSR count). The topological polar surface area (TPSA) is 75.4 Å². The van der Waals surface area contributed by atoms with Crippen molar-refractivity contribution in [3.63, 3.8) is 0 Å². The number of hydrogen-bond acceptors (Lipinski definition) is 6. The van der Waals surface area contributed by atoms with E-state index >= 15 is 0 Å². The number of nitrogens with zero attached hydrogens (tertiary/aromatic N) is 2. The number of likely N-dealkylation sites (tertiary alicyclic amines) is 1. The van der Waals surface area contributed by atoms with E-state index in [4.69, 9.17) is 4.42 Å². The van der Waals surface area contributed by atoms with Crippen LogP contribution in [-0.2, 0) is 6.54 Å². The fourth-order valence-electron chi connectivity index (χ4n) is 3.96. The number of aromatic nitrogens is 1. The van der Waals surface area contributed by atoms with Crippen LogP contribution < -0.4 is 10.7 Å². The number of anilines is 1. The Balaban J connectivity index is 1.45. The summed E-state index contributed by atoms with van der Waals surface area (Å²) in [5.74, 6) is 0.901. The number of hydrogen-bond donors (Lipinski definition) is 1. The van der Waals surface area contributed by atoms with Crippen molar-refractivity contribution in [2.75, 3.05) is 18.4 Å². The van der Waals surface area contributed by atoms with E-state index in [9.17, 15) is 9.59 Å². The largest absolute Gasteiger partial charge is 0.451 e. The molecule has 28 heavy (non-hydrogen) atoms. The number of carbonyl (C=O) groups is 1. The summed E-state index contributed by atoms with van der Waals surface area (Å²) in [5.41, 5.74) is 1.11. The number of piperidine rings is 1. The van der Waals surface area contributed by atoms with Gasteiger partial charge in [0.15, 0.2) is 16.3 Å². The molecule has 1 aliphatic heterocycles. The molecule has 1 N–H and O–H groups in total. The summed E-state index contributed by atoms with van der Waals surface area (Å²) >= 11 is 1.38. The molecule has 146 valence electrons. The molecule has 0 unspecified atom stereocenters. The van der Waals surface area contributed by atoms with Crippen LogP contribution in [0.15, 0.2) is 44.9 Å². The second-order valence-corrected chi connectivity index (χ2v) is 8.57. The Morgan fingerprint density at radius 2 is 2.04 bits per heavy atom. The van der Waals surface area contributed by atoms with E-state index in [2.05, 4.69) is 29.0 Å². The highest BCUT2D eigenvalue weighted by molar-refractivity contribution is 7.13. The maximum absolute atomic E-state index is 12.5. The number of carbonyl (C=O) groups excluding carboxylic acids is 1. The number of amides is 1. The normalized spacial score (nSPS) is 20.4. The molecule has 3 heterocycles. The first-order valence-electron chi connectivity index (χ1n) is 9.49. The standard InChI is InChI=1S/C21H23N3O3S/c1-13-7-14(2)10-24(9-13)11-15-12-28-21(22-15)23-20(26)19-8-17(25)16-5-3-4-6-18(16)27-19/h3-6,8,12-14H,7,9-11H2,1-2H3,(H,22,23,26)/t13-,14-/m0/s1. The zero-order valence-electron chi connectivity index (χ0n) is 16.0. The lowest BCUT2D eigenvalue weighted by molar-refractivity contribution is 0.0997. The smallest absolute Gasteiger partial charge is 0.293 e. The highest BCUT2D eigenvalue weighted by atomic mass is 32.1. The molecule has 2 aromatic heterocycles. The Labute approximate surface area is 167 Å². The van der Waals surface area contributed by atoms with Gasteiger partial charge in [-0.2, -0.15) is 0 Å². The first kappa shape index (κ1) is 18.8. The minimum atomic E-state index is -0.469. The molecule has 2 atom stereocenters. The fourth-order valence-corrected chi connectivity index (χ4v) is 4.66. The van der Waals surface area contributed by atoms with Gasteiger partial charge in [0.25, 0.3) is 5.91 Å². The Morgan fingerprint density at radius 1 is 1.29 bits per heavy atom. The average Bonchev–Trinajstić information content (AvgIpc) is 3.07. The van der Waals surface area contributed by atoms with Gasteiger partial charge in [0.2, 0.25) is 0 Å². The number of nitrogens with one attached hydrogen (secondary N) is 1. The molecule has 3 aromatic rings. The van der Waals surface area contributed by atoms with Crippen molar-refractivity contribution in [2.24, 2.45) is 11.8 Å². The van der Waals surface area contributed by atoms with Crippen LogP contribution >= 0.6 is 11.3 Å². The van der Waals surface area contributed by atoms with Crippen molar-refractivity contribution in [1.82, 2.24) is 9.88 Å². The zero-order chi connectivity index (χ0) is 19.7. The molecule has 0 spiro atoms. The van der Waals surface area contributed by atoms with Crippen LogP contribution in [0.4, 0.5) is 5.13 Å². The molecule has 1 amide bonds. The van der Waals surface area contributed by atoms with Gasteiger partial charge in [0.1, 0.15) is 5.58 Å². The summed E-state index contributed by atoms with van der Waals surface area (Å²) in [5, 5.41) is 5.68. The number of rotatable bonds is 4. The fraction of sp³-hybridized carbons (Fsp3) is 0.381. The van der Waals surface area contributed by atoms with Gasteiger partial charge in [0, 0.05) is 31.1 Å². The van der Waals surface area contributed by atoms with Crippen LogP contribution in [0.25, 0.3) is 11.0 Å². The Morgan fingerprint density at radius 3 is 2.82 bits per heavy atom. The van der Waals surface area contributed by atoms with Gasteiger partial charge in [0.05, 0.1) is 11.1 Å². The molecular formula is C21H23N3O3S. The molecule has 0 radical (unpaired) electrons. The van der Waals surface area contributed by atoms with E-state index in [1.54, 1.807) is 24.3 Å². The molecule has 0 aliphatic carbocycles. The maximum Gasteiger partial charge on any atom is 0.293 e. The number of fused-ring (bicyclic) bond motifs is 1. The highest BCUT2D eigenvalue weighted by Gasteiger charge is 2.22. The average molecular weight is 398 g/mol. The molecular weight excluding hydrogens is 374 g/mol. The lowest BCUT2D eigenvalue weighted by Gasteiger charge is -2.34. The first-order chi connectivity index (χ1) is 13.5. The second-order valence-electron chi connectivity index (χ2n) is 7.71. The van der Waals surface area contributed by atoms with Crippen molar-refractivity contribution >= 4 is 33.3 Å². The molecule has 0 bridgehead atoms. The van der Waals surface area contributed by atoms with Gasteiger partial charge in [-0.15, -0.1) is 11.3 Å². The van der Waals surface area contributed by atoms with Gasteiger partial charge < -0.3 is 4.42 Å². The summed E-state index contributed by atoms with van der Waals surface area (Å²) in [6.07, 6.45) is 1.27. The monoisotopic (exact) mass is 397 g/mol. The molecule has 7 heteroatoms. The van der Waals surface area contributed by atoms with Crippen molar-refractivity contribution in [1.29, 1.82) is 0 Å². The summed E-state index contributed by atoms with van der Waals surface area (Å²) in [7, 11) is 0. The summed E-state index contributed by atoms with van der Waals surface area (Å²) < 4.78 is 5.59. The number of thiazole rings is 1. The van der Waals surface area contributed by atoms with Crippen LogP contribution in [0.2, 0.25) is 0 Å². The van der Waals surface area contributed by atoms with E-state index in [0.29, 0.717) is 27.9 Å². The quantitative estimate of drug-likeness (QED) is 0.721. The van der Waals surface area contributed by atoms with Gasteiger partial charge >= 0.3 is 0 Å². The van der Waals surface area contributed by atoms with E-state index in [0.717, 1.165) is 25.3 Å². The molecule has 6 nitrogen and oxygen atoms in total. The summed E-state index contributed by atoms with van der Waals surface area (Å²) in [6, 6.07) is 8.11. The van der Waals surface area contributed by atoms with Crippen LogP contribution in [0, 0.1) is 11.8 Å². The third-order valence-corrected chi connectivity index (χ3v) is 5.77. The molecule has 0 saturated carbocycles. The van der Waals surface area contributed by atoms with Gasteiger partial charge in [-0.1, -0.05) is 26.0 Å². The Kier molecular flexibility index (Phi) is 5.28. The molecule has 1 aromatic carbocycles. The Hall–Kier alpha value is -2.51. The lowest BCUT2D eigenvalue weighted by Crippen LogP contribution is -2.38. The van der Waals surface area contributed by atoms with Gasteiger partial charge in [-0.3, -0.25) is 19.8 Å². The van der Waals surface area contributed by atoms with Gasteiger partial charge in [-0.05, 0) is 30.4 Å². The molecule has 1 aliphatic rings. The van der Waals surface area contributed by atoms with Gasteiger partial charge in [-0.25, -0.2) is 4.98 Å². The van der Waals surface area contributed by atoms with Crippen LogP contribution in [0.5, 0.6) is 0 Å². The second kappa shape index (κ2) is 7.85. The first-order valence-corrected chi connectivity index (χ1v) is 10.4. The van der Waals surface area contributed by atoms with E-state index < -0.39 is 5.91 Å². The predicted molar refractivity (Wildman–Crippen MR) is 111 cm³/mol. The number of para-hydroxylation sites is 1. The van der Waals surface area contributed by atoms with E-state index in [-0.39, 0.29) is 11.2 Å².